The quantitative estimate of drug-likeness (QED) is 0.858. The zero-order valence-corrected chi connectivity index (χ0v) is 11.4. The number of aryl methyl sites for hydroxylation is 1. The van der Waals surface area contributed by atoms with E-state index in [-0.39, 0.29) is 5.92 Å². The minimum atomic E-state index is -0.720. The van der Waals surface area contributed by atoms with Crippen LogP contribution in [0.15, 0.2) is 6.07 Å². The first-order valence-electron chi connectivity index (χ1n) is 6.67. The molecule has 1 atom stereocenters. The van der Waals surface area contributed by atoms with E-state index in [1.54, 1.807) is 0 Å². The van der Waals surface area contributed by atoms with Crippen LogP contribution in [0.4, 0.5) is 11.6 Å². The number of carboxylic acids is 1. The molecule has 2 rings (SSSR count). The third kappa shape index (κ3) is 3.33. The molecule has 0 radical (unpaired) electrons. The van der Waals surface area contributed by atoms with Gasteiger partial charge in [0.15, 0.2) is 0 Å². The van der Waals surface area contributed by atoms with Crippen molar-refractivity contribution in [2.24, 2.45) is 5.92 Å². The fourth-order valence-corrected chi connectivity index (χ4v) is 2.37. The number of aliphatic carboxylic acids is 1. The van der Waals surface area contributed by atoms with Crippen LogP contribution in [0.3, 0.4) is 0 Å². The Hall–Kier alpha value is -1.85. The van der Waals surface area contributed by atoms with Crippen LogP contribution in [-0.4, -0.2) is 40.7 Å². The molecular weight excluding hydrogens is 244 g/mol. The lowest BCUT2D eigenvalue weighted by molar-refractivity contribution is -0.141. The van der Waals surface area contributed by atoms with E-state index in [9.17, 15) is 4.79 Å². The maximum absolute atomic E-state index is 11.1. The molecule has 0 aromatic carbocycles. The van der Waals surface area contributed by atoms with Gasteiger partial charge in [0.25, 0.3) is 0 Å². The number of carboxylic acid groups (broad SMARTS) is 1. The summed E-state index contributed by atoms with van der Waals surface area (Å²) in [5.74, 6) is 1.29. The molecule has 1 unspecified atom stereocenters. The highest BCUT2D eigenvalue weighted by Gasteiger charge is 2.26. The van der Waals surface area contributed by atoms with Gasteiger partial charge in [0.05, 0.1) is 5.92 Å². The number of nitrogens with zero attached hydrogens (tertiary/aromatic N) is 3. The molecule has 0 saturated carbocycles. The molecule has 2 heterocycles. The van der Waals surface area contributed by atoms with Crippen LogP contribution < -0.4 is 10.2 Å². The molecule has 2 N–H and O–H groups in total. The Morgan fingerprint density at radius 1 is 1.58 bits per heavy atom. The Bertz CT molecular complexity index is 464. The average molecular weight is 264 g/mol. The Balaban J connectivity index is 2.18. The predicted molar refractivity (Wildman–Crippen MR) is 73.5 cm³/mol. The maximum atomic E-state index is 11.1. The van der Waals surface area contributed by atoms with Crippen LogP contribution in [0, 0.1) is 12.8 Å². The third-order valence-electron chi connectivity index (χ3n) is 3.28. The van der Waals surface area contributed by atoms with Gasteiger partial charge in [0.2, 0.25) is 0 Å². The van der Waals surface area contributed by atoms with E-state index in [1.807, 2.05) is 24.8 Å². The summed E-state index contributed by atoms with van der Waals surface area (Å²) in [5, 5.41) is 12.3. The number of piperidine rings is 1. The van der Waals surface area contributed by atoms with Gasteiger partial charge in [0.1, 0.15) is 17.5 Å². The van der Waals surface area contributed by atoms with Crippen molar-refractivity contribution in [3.05, 3.63) is 11.9 Å². The van der Waals surface area contributed by atoms with Gasteiger partial charge in [0, 0.05) is 25.7 Å². The van der Waals surface area contributed by atoms with Crippen molar-refractivity contribution < 1.29 is 9.90 Å². The Labute approximate surface area is 112 Å². The maximum Gasteiger partial charge on any atom is 0.308 e. The molecule has 6 heteroatoms. The van der Waals surface area contributed by atoms with E-state index in [1.165, 1.54) is 0 Å². The van der Waals surface area contributed by atoms with Crippen molar-refractivity contribution in [1.82, 2.24) is 9.97 Å². The monoisotopic (exact) mass is 264 g/mol. The summed E-state index contributed by atoms with van der Waals surface area (Å²) in [6, 6.07) is 1.89. The van der Waals surface area contributed by atoms with Crippen LogP contribution >= 0.6 is 0 Å². The Morgan fingerprint density at radius 2 is 2.37 bits per heavy atom. The van der Waals surface area contributed by atoms with Crippen molar-refractivity contribution in [2.45, 2.75) is 26.7 Å². The molecule has 19 heavy (non-hydrogen) atoms. The summed E-state index contributed by atoms with van der Waals surface area (Å²) >= 11 is 0. The molecule has 6 nitrogen and oxygen atoms in total. The summed E-state index contributed by atoms with van der Waals surface area (Å²) in [6.07, 6.45) is 1.63. The van der Waals surface area contributed by atoms with Crippen LogP contribution in [0.1, 0.15) is 25.6 Å². The summed E-state index contributed by atoms with van der Waals surface area (Å²) in [6.45, 7) is 6.04. The zero-order valence-electron chi connectivity index (χ0n) is 11.4. The van der Waals surface area contributed by atoms with Crippen LogP contribution in [0.5, 0.6) is 0 Å². The van der Waals surface area contributed by atoms with Crippen molar-refractivity contribution in [2.75, 3.05) is 29.9 Å². The van der Waals surface area contributed by atoms with Crippen LogP contribution in [0.2, 0.25) is 0 Å². The third-order valence-corrected chi connectivity index (χ3v) is 3.28. The van der Waals surface area contributed by atoms with E-state index < -0.39 is 5.97 Å². The molecule has 1 aliphatic heterocycles. The molecule has 104 valence electrons. The number of aromatic nitrogens is 2. The second kappa shape index (κ2) is 5.86. The normalized spacial score (nSPS) is 19.3. The highest BCUT2D eigenvalue weighted by Crippen LogP contribution is 2.23. The highest BCUT2D eigenvalue weighted by atomic mass is 16.4. The Morgan fingerprint density at radius 3 is 3.05 bits per heavy atom. The Kier molecular flexibility index (Phi) is 4.19. The lowest BCUT2D eigenvalue weighted by atomic mass is 9.98. The van der Waals surface area contributed by atoms with Gasteiger partial charge in [-0.2, -0.15) is 0 Å². The van der Waals surface area contributed by atoms with Crippen LogP contribution in [-0.2, 0) is 4.79 Å². The van der Waals surface area contributed by atoms with Gasteiger partial charge < -0.3 is 15.3 Å². The summed E-state index contributed by atoms with van der Waals surface area (Å²) in [4.78, 5) is 21.9. The van der Waals surface area contributed by atoms with E-state index >= 15 is 0 Å². The fourth-order valence-electron chi connectivity index (χ4n) is 2.37. The minimum Gasteiger partial charge on any atom is -0.481 e. The summed E-state index contributed by atoms with van der Waals surface area (Å²) in [7, 11) is 0. The summed E-state index contributed by atoms with van der Waals surface area (Å²) < 4.78 is 0. The smallest absolute Gasteiger partial charge is 0.308 e. The molecule has 0 bridgehead atoms. The lowest BCUT2D eigenvalue weighted by Gasteiger charge is -2.31. The SMILES string of the molecule is CCNc1cc(N2CCCC(C(=O)O)C2)nc(C)n1. The molecule has 1 aliphatic rings. The highest BCUT2D eigenvalue weighted by molar-refractivity contribution is 5.71. The molecule has 1 aromatic heterocycles. The predicted octanol–water partition coefficient (Wildman–Crippen LogP) is 1.52. The van der Waals surface area contributed by atoms with Crippen LogP contribution in [0.25, 0.3) is 0 Å². The van der Waals surface area contributed by atoms with Gasteiger partial charge in [-0.25, -0.2) is 9.97 Å². The first-order valence-corrected chi connectivity index (χ1v) is 6.67. The lowest BCUT2D eigenvalue weighted by Crippen LogP contribution is -2.39. The number of anilines is 2. The topological polar surface area (TPSA) is 78.4 Å². The molecular formula is C13H20N4O2. The van der Waals surface area contributed by atoms with E-state index in [4.69, 9.17) is 5.11 Å². The molecule has 1 fully saturated rings. The number of hydrogen-bond donors (Lipinski definition) is 2. The van der Waals surface area contributed by atoms with Gasteiger partial charge in [-0.15, -0.1) is 0 Å². The molecule has 1 aromatic rings. The van der Waals surface area contributed by atoms with E-state index in [0.717, 1.165) is 37.6 Å². The molecule has 0 spiro atoms. The second-order valence-electron chi connectivity index (χ2n) is 4.81. The standard InChI is InChI=1S/C13H20N4O2/c1-3-14-11-7-12(16-9(2)15-11)17-6-4-5-10(8-17)13(18)19/h7,10H,3-6,8H2,1-2H3,(H,18,19)(H,14,15,16). The summed E-state index contributed by atoms with van der Waals surface area (Å²) in [5.41, 5.74) is 0. The molecule has 1 saturated heterocycles. The first-order chi connectivity index (χ1) is 9.10. The van der Waals surface area contributed by atoms with Gasteiger partial charge in [-0.1, -0.05) is 0 Å². The number of rotatable bonds is 4. The largest absolute Gasteiger partial charge is 0.481 e. The van der Waals surface area contributed by atoms with Gasteiger partial charge >= 0.3 is 5.97 Å². The number of nitrogens with one attached hydrogen (secondary N) is 1. The van der Waals surface area contributed by atoms with E-state index in [2.05, 4.69) is 15.3 Å². The second-order valence-corrected chi connectivity index (χ2v) is 4.81. The number of hydrogen-bond acceptors (Lipinski definition) is 5. The van der Waals surface area contributed by atoms with Crippen molar-refractivity contribution in [1.29, 1.82) is 0 Å². The van der Waals surface area contributed by atoms with Crippen molar-refractivity contribution >= 4 is 17.6 Å². The molecule has 0 aliphatic carbocycles. The first kappa shape index (κ1) is 13.6. The van der Waals surface area contributed by atoms with Crippen molar-refractivity contribution in [3.63, 3.8) is 0 Å². The zero-order chi connectivity index (χ0) is 13.8. The van der Waals surface area contributed by atoms with Crippen molar-refractivity contribution in [3.8, 4) is 0 Å². The average Bonchev–Trinajstić information content (AvgIpc) is 2.38. The van der Waals surface area contributed by atoms with Gasteiger partial charge in [-0.05, 0) is 26.7 Å². The minimum absolute atomic E-state index is 0.299. The van der Waals surface area contributed by atoms with E-state index in [0.29, 0.717) is 12.4 Å². The molecule has 0 amide bonds. The fraction of sp³-hybridized carbons (Fsp3) is 0.615. The van der Waals surface area contributed by atoms with Gasteiger partial charge in [-0.3, -0.25) is 4.79 Å². The number of carbonyl (C=O) groups is 1.